The third-order valence-electron chi connectivity index (χ3n) is 6.98. The quantitative estimate of drug-likeness (QED) is 0.573. The lowest BCUT2D eigenvalue weighted by atomic mass is 9.92. The molecule has 0 spiro atoms. The number of benzene rings is 1. The van der Waals surface area contributed by atoms with E-state index in [1.807, 2.05) is 12.2 Å². The number of hydrogen-bond acceptors (Lipinski definition) is 6. The van der Waals surface area contributed by atoms with Gasteiger partial charge >= 0.3 is 0 Å². The zero-order chi connectivity index (χ0) is 24.9. The molecule has 4 N–H and O–H groups in total. The molecule has 1 aromatic rings. The monoisotopic (exact) mass is 474 g/mol. The summed E-state index contributed by atoms with van der Waals surface area (Å²) in [5.41, 5.74) is 10.3. The van der Waals surface area contributed by atoms with Crippen molar-refractivity contribution in [2.24, 2.45) is 16.6 Å². The Labute approximate surface area is 206 Å². The highest BCUT2D eigenvalue weighted by Crippen LogP contribution is 2.29. The van der Waals surface area contributed by atoms with Gasteiger partial charge < -0.3 is 21.1 Å². The number of piperidine rings is 1. The van der Waals surface area contributed by atoms with E-state index in [-0.39, 0.29) is 11.5 Å². The van der Waals surface area contributed by atoms with Gasteiger partial charge in [-0.25, -0.2) is 0 Å². The van der Waals surface area contributed by atoms with Gasteiger partial charge in [0.05, 0.1) is 5.70 Å². The van der Waals surface area contributed by atoms with Crippen LogP contribution in [0.2, 0.25) is 0 Å². The number of primary amides is 1. The average Bonchev–Trinajstić information content (AvgIpc) is 2.82. The summed E-state index contributed by atoms with van der Waals surface area (Å²) >= 11 is 0. The molecule has 35 heavy (non-hydrogen) atoms. The second-order valence-corrected chi connectivity index (χ2v) is 9.51. The first-order valence-corrected chi connectivity index (χ1v) is 12.3. The number of aliphatic hydroxyl groups excluding tert-OH is 1. The Hall–Kier alpha value is -3.61. The Kier molecular flexibility index (Phi) is 7.54. The van der Waals surface area contributed by atoms with Gasteiger partial charge in [0.1, 0.15) is 11.6 Å². The highest BCUT2D eigenvalue weighted by atomic mass is 16.3. The molecule has 0 aromatic heterocycles. The minimum Gasteiger partial charge on any atom is -0.508 e. The number of Topliss-reactive ketones (excluding diaryl/α,β-unsaturated/α-hetero) is 1. The Balaban J connectivity index is 1.35. The van der Waals surface area contributed by atoms with Gasteiger partial charge in [-0.3, -0.25) is 14.6 Å². The predicted molar refractivity (Wildman–Crippen MR) is 140 cm³/mol. The molecule has 4 rings (SSSR count). The number of aliphatic hydroxyl groups is 1. The number of ketones is 1. The van der Waals surface area contributed by atoms with Gasteiger partial charge in [-0.1, -0.05) is 36.4 Å². The standard InChI is InChI=1S/C28H34N4O3/c1-18-27(34)26(28(29)35)31-25(30-18)17-20-13-15-32(16-14-20)24-11-9-23(10-12-24)22-6-4-3-5-21(7-8-22)19(2)33/h3,5,7-12,20,26,34H,4,6,13-17H2,1-2H3,(H2,29,35)(H,30,31)/b5-3?,21-7?,22-8+. The van der Waals surface area contributed by atoms with Crippen molar-refractivity contribution < 1.29 is 14.7 Å². The molecular weight excluding hydrogens is 440 g/mol. The Morgan fingerprint density at radius 1 is 1.17 bits per heavy atom. The maximum Gasteiger partial charge on any atom is 0.250 e. The number of rotatable bonds is 6. The molecule has 1 saturated heterocycles. The second-order valence-electron chi connectivity index (χ2n) is 9.51. The van der Waals surface area contributed by atoms with E-state index in [0.717, 1.165) is 56.6 Å². The van der Waals surface area contributed by atoms with Crippen molar-refractivity contribution in [3.05, 3.63) is 71.2 Å². The van der Waals surface area contributed by atoms with Crippen LogP contribution in [-0.2, 0) is 9.59 Å². The molecule has 7 nitrogen and oxygen atoms in total. The largest absolute Gasteiger partial charge is 0.508 e. The number of carbonyl (C=O) groups is 2. The summed E-state index contributed by atoms with van der Waals surface area (Å²) in [5, 5.41) is 13.2. The van der Waals surface area contributed by atoms with Crippen LogP contribution in [0.25, 0.3) is 5.57 Å². The second kappa shape index (κ2) is 10.8. The molecule has 184 valence electrons. The maximum absolute atomic E-state index is 11.7. The van der Waals surface area contributed by atoms with E-state index >= 15 is 0 Å². The van der Waals surface area contributed by atoms with Gasteiger partial charge in [0, 0.05) is 30.8 Å². The lowest BCUT2D eigenvalue weighted by molar-refractivity contribution is -0.119. The Bertz CT molecular complexity index is 1130. The third-order valence-corrected chi connectivity index (χ3v) is 6.98. The van der Waals surface area contributed by atoms with Crippen LogP contribution >= 0.6 is 0 Å². The number of aliphatic imine (C=N–C) groups is 1. The van der Waals surface area contributed by atoms with Crippen molar-refractivity contribution in [2.75, 3.05) is 18.0 Å². The van der Waals surface area contributed by atoms with E-state index in [1.54, 1.807) is 13.8 Å². The average molecular weight is 475 g/mol. The van der Waals surface area contributed by atoms with Crippen molar-refractivity contribution in [3.63, 3.8) is 0 Å². The summed E-state index contributed by atoms with van der Waals surface area (Å²) in [6.45, 7) is 5.24. The van der Waals surface area contributed by atoms with Gasteiger partial charge in [-0.05, 0) is 68.7 Å². The van der Waals surface area contributed by atoms with E-state index in [2.05, 4.69) is 51.6 Å². The minimum atomic E-state index is -0.988. The lowest BCUT2D eigenvalue weighted by Crippen LogP contribution is -2.40. The smallest absolute Gasteiger partial charge is 0.250 e. The zero-order valence-electron chi connectivity index (χ0n) is 20.5. The van der Waals surface area contributed by atoms with Crippen LogP contribution in [-0.4, -0.2) is 41.8 Å². The van der Waals surface area contributed by atoms with Gasteiger partial charge in [0.25, 0.3) is 0 Å². The topological polar surface area (TPSA) is 108 Å². The molecule has 0 bridgehead atoms. The Morgan fingerprint density at radius 3 is 2.54 bits per heavy atom. The number of carbonyl (C=O) groups excluding carboxylic acids is 2. The molecule has 1 aromatic carbocycles. The molecular formula is C28H34N4O3. The highest BCUT2D eigenvalue weighted by Gasteiger charge is 2.28. The molecule has 1 fully saturated rings. The summed E-state index contributed by atoms with van der Waals surface area (Å²) in [6, 6.07) is 7.72. The van der Waals surface area contributed by atoms with Crippen molar-refractivity contribution in [1.82, 2.24) is 5.32 Å². The fourth-order valence-electron chi connectivity index (χ4n) is 4.85. The predicted octanol–water partition coefficient (Wildman–Crippen LogP) is 4.19. The Morgan fingerprint density at radius 2 is 1.89 bits per heavy atom. The minimum absolute atomic E-state index is 0.0845. The molecule has 1 unspecified atom stereocenters. The molecule has 1 aliphatic carbocycles. The molecule has 2 heterocycles. The van der Waals surface area contributed by atoms with Crippen LogP contribution in [0.5, 0.6) is 0 Å². The third kappa shape index (κ3) is 5.91. The first-order valence-electron chi connectivity index (χ1n) is 12.3. The summed E-state index contributed by atoms with van der Waals surface area (Å²) in [7, 11) is 0. The highest BCUT2D eigenvalue weighted by molar-refractivity contribution is 5.96. The molecule has 1 atom stereocenters. The number of nitrogens with zero attached hydrogens (tertiary/aromatic N) is 2. The molecule has 1 amide bonds. The van der Waals surface area contributed by atoms with E-state index in [4.69, 9.17) is 5.73 Å². The summed E-state index contributed by atoms with van der Waals surface area (Å²) in [5.74, 6) is 0.522. The molecule has 2 aliphatic heterocycles. The first kappa shape index (κ1) is 24.5. The van der Waals surface area contributed by atoms with Gasteiger partial charge in [0.2, 0.25) is 5.91 Å². The molecule has 3 aliphatic rings. The fraction of sp³-hybridized carbons (Fsp3) is 0.393. The van der Waals surface area contributed by atoms with Crippen molar-refractivity contribution in [3.8, 4) is 0 Å². The number of anilines is 1. The number of nitrogens with one attached hydrogen (secondary N) is 1. The lowest BCUT2D eigenvalue weighted by Gasteiger charge is -2.34. The SMILES string of the molecule is CC(=O)C1=C/C=C(/c2ccc(N3CCC(CC4=NC(C(N)=O)C(O)=C(C)N4)CC3)cc2)CCC=C1. The molecule has 0 radical (unpaired) electrons. The van der Waals surface area contributed by atoms with E-state index < -0.39 is 11.9 Å². The van der Waals surface area contributed by atoms with Crippen molar-refractivity contribution >= 4 is 28.8 Å². The summed E-state index contributed by atoms with van der Waals surface area (Å²) < 4.78 is 0. The van der Waals surface area contributed by atoms with E-state index in [0.29, 0.717) is 11.6 Å². The molecule has 0 saturated carbocycles. The number of amides is 1. The van der Waals surface area contributed by atoms with Gasteiger partial charge in [0.15, 0.2) is 11.8 Å². The maximum atomic E-state index is 11.7. The van der Waals surface area contributed by atoms with Crippen LogP contribution in [0.15, 0.2) is 70.6 Å². The first-order chi connectivity index (χ1) is 16.8. The summed E-state index contributed by atoms with van der Waals surface area (Å²) in [6.07, 6.45) is 12.6. The zero-order valence-corrected chi connectivity index (χ0v) is 20.5. The van der Waals surface area contributed by atoms with Gasteiger partial charge in [-0.2, -0.15) is 0 Å². The number of nitrogens with two attached hydrogens (primary N) is 1. The number of amidine groups is 1. The van der Waals surface area contributed by atoms with Crippen LogP contribution < -0.4 is 16.0 Å². The number of allylic oxidation sites excluding steroid dienone is 7. The molecule has 7 heteroatoms. The van der Waals surface area contributed by atoms with Crippen LogP contribution in [0, 0.1) is 5.92 Å². The number of hydrogen-bond donors (Lipinski definition) is 3. The normalized spacial score (nSPS) is 22.9. The van der Waals surface area contributed by atoms with E-state index in [1.165, 1.54) is 16.8 Å². The van der Waals surface area contributed by atoms with Crippen LogP contribution in [0.3, 0.4) is 0 Å². The van der Waals surface area contributed by atoms with Gasteiger partial charge in [-0.15, -0.1) is 0 Å². The summed E-state index contributed by atoms with van der Waals surface area (Å²) in [4.78, 5) is 30.1. The van der Waals surface area contributed by atoms with Crippen molar-refractivity contribution in [1.29, 1.82) is 0 Å². The fourth-order valence-corrected chi connectivity index (χ4v) is 4.85. The van der Waals surface area contributed by atoms with Crippen molar-refractivity contribution in [2.45, 2.75) is 52.0 Å². The van der Waals surface area contributed by atoms with Crippen LogP contribution in [0.4, 0.5) is 5.69 Å². The van der Waals surface area contributed by atoms with Crippen LogP contribution in [0.1, 0.15) is 51.5 Å². The van der Waals surface area contributed by atoms with E-state index in [9.17, 15) is 14.7 Å².